The Morgan fingerprint density at radius 1 is 0.806 bits per heavy atom. The van der Waals surface area contributed by atoms with Gasteiger partial charge in [-0.15, -0.1) is 0 Å². The number of unbranched alkanes of at least 4 members (excludes halogenated alkanes) is 1. The molecule has 2 aliphatic rings. The first kappa shape index (κ1) is 56.4. The monoisotopic (exact) mass is 1040 g/mol. The number of methoxy groups -OCH3 is 1. The van der Waals surface area contributed by atoms with E-state index in [1.165, 1.54) is 0 Å². The Labute approximate surface area is 430 Å². The maximum absolute atomic E-state index is 12.7. The van der Waals surface area contributed by atoms with Crippen molar-refractivity contribution in [1.82, 2.24) is 30.8 Å². The molecule has 0 unspecified atom stereocenters. The number of rotatable bonds is 36. The van der Waals surface area contributed by atoms with Crippen molar-refractivity contribution in [3.8, 4) is 28.1 Å². The van der Waals surface area contributed by atoms with Gasteiger partial charge in [0.2, 0.25) is 11.8 Å². The van der Waals surface area contributed by atoms with Crippen LogP contribution >= 0.6 is 23.4 Å². The predicted molar refractivity (Wildman–Crippen MR) is 275 cm³/mol. The molecule has 4 amide bonds. The summed E-state index contributed by atoms with van der Waals surface area (Å²) in [7, 11) is 1.54. The van der Waals surface area contributed by atoms with Gasteiger partial charge in [0.05, 0.1) is 116 Å². The fourth-order valence-electron chi connectivity index (χ4n) is 8.94. The number of carbonyl (C=O) groups excluding carboxylic acids is 3. The molecule has 19 nitrogen and oxygen atoms in total. The van der Waals surface area contributed by atoms with Crippen LogP contribution in [0.3, 0.4) is 0 Å². The van der Waals surface area contributed by atoms with Gasteiger partial charge in [-0.25, -0.2) is 9.59 Å². The first-order valence-corrected chi connectivity index (χ1v) is 26.3. The summed E-state index contributed by atoms with van der Waals surface area (Å²) < 4.78 is 40.6. The number of aromatic carboxylic acids is 1. The summed E-state index contributed by atoms with van der Waals surface area (Å²) in [5.41, 5.74) is 5.24. The molecule has 6 rings (SSSR count). The average molecular weight is 1040 g/mol. The van der Waals surface area contributed by atoms with E-state index in [1.807, 2.05) is 47.5 Å². The molecule has 2 fully saturated rings. The Kier molecular flexibility index (Phi) is 23.8. The van der Waals surface area contributed by atoms with Crippen molar-refractivity contribution in [3.05, 3.63) is 64.4 Å². The van der Waals surface area contributed by atoms with Gasteiger partial charge in [-0.3, -0.25) is 9.59 Å². The minimum absolute atomic E-state index is 0.0254. The number of thioether (sulfide) groups is 1. The van der Waals surface area contributed by atoms with Gasteiger partial charge in [0.25, 0.3) is 0 Å². The Hall–Kier alpha value is -4.90. The fourth-order valence-corrected chi connectivity index (χ4v) is 10.8. The van der Waals surface area contributed by atoms with E-state index in [0.717, 1.165) is 52.7 Å². The standard InChI is InChI=1S/C51H71ClN6O13S/c1-3-36-46(38-12-11-35(65-2)32-40(38)52)49(50(62)63)56-47(36)37-7-6-8-42-39(37)31-34(58(42)17-18-59)13-15-53-45(61)14-19-66-21-23-68-25-27-70-29-30-71-28-26-69-24-22-67-20-16-54-44(60)10-5-4-9-43-48-41(33-72-43)55-51(64)57-48/h6-8,11-12,31-32,41,43,48,56,59H,3-5,9-10,13-30,33H2,1-2H3,(H,53,61)(H,54,60)(H,62,63)(H2,55,57,64)/t41-,43-,48-/m0/s1. The largest absolute Gasteiger partial charge is 0.497 e. The number of carbonyl (C=O) groups is 4. The second kappa shape index (κ2) is 30.3. The summed E-state index contributed by atoms with van der Waals surface area (Å²) in [6, 6.07) is 13.4. The van der Waals surface area contributed by atoms with E-state index in [9.17, 15) is 29.4 Å². The Morgan fingerprint density at radius 3 is 2.10 bits per heavy atom. The topological polar surface area (TPSA) is 242 Å². The molecule has 4 heterocycles. The highest BCUT2D eigenvalue weighted by atomic mass is 35.5. The number of H-pyrrole nitrogens is 1. The Bertz CT molecular complexity index is 2360. The molecule has 0 radical (unpaired) electrons. The normalized spacial score (nSPS) is 16.2. The van der Waals surface area contributed by atoms with E-state index in [1.54, 1.807) is 25.3 Å². The number of nitrogens with zero attached hydrogens (tertiary/aromatic N) is 1. The zero-order chi connectivity index (χ0) is 51.1. The lowest BCUT2D eigenvalue weighted by Crippen LogP contribution is -2.36. The van der Waals surface area contributed by atoms with E-state index in [2.05, 4.69) is 26.3 Å². The molecule has 3 atom stereocenters. The number of amides is 4. The number of aromatic nitrogens is 2. The number of ether oxygens (including phenoxy) is 7. The number of hydrogen-bond acceptors (Lipinski definition) is 13. The van der Waals surface area contributed by atoms with E-state index in [-0.39, 0.29) is 55.3 Å². The minimum atomic E-state index is -1.11. The quantitative estimate of drug-likeness (QED) is 0.0229. The van der Waals surface area contributed by atoms with Gasteiger partial charge in [0, 0.05) is 83.2 Å². The highest BCUT2D eigenvalue weighted by Crippen LogP contribution is 2.42. The van der Waals surface area contributed by atoms with Crippen molar-refractivity contribution in [1.29, 1.82) is 0 Å². The van der Waals surface area contributed by atoms with Gasteiger partial charge in [0.15, 0.2) is 0 Å². The maximum atomic E-state index is 12.7. The van der Waals surface area contributed by atoms with Crippen molar-refractivity contribution in [2.45, 2.75) is 75.7 Å². The van der Waals surface area contributed by atoms with Crippen LogP contribution in [0, 0.1) is 0 Å². The molecular formula is C51H71ClN6O13S. The number of fused-ring (bicyclic) bond motifs is 2. The number of carboxylic acids is 1. The lowest BCUT2D eigenvalue weighted by molar-refractivity contribution is -0.122. The van der Waals surface area contributed by atoms with Crippen molar-refractivity contribution in [2.24, 2.45) is 0 Å². The first-order chi connectivity index (χ1) is 35.1. The minimum Gasteiger partial charge on any atom is -0.497 e. The Balaban J connectivity index is 0.756. The van der Waals surface area contributed by atoms with Crippen molar-refractivity contribution >= 4 is 58.1 Å². The zero-order valence-corrected chi connectivity index (χ0v) is 42.9. The van der Waals surface area contributed by atoms with Crippen molar-refractivity contribution in [2.75, 3.05) is 112 Å². The fraction of sp³-hybridized carbons (Fsp3) is 0.569. The van der Waals surface area contributed by atoms with Gasteiger partial charge in [0.1, 0.15) is 11.4 Å². The molecule has 0 aliphatic carbocycles. The number of carboxylic acid groups (broad SMARTS) is 1. The van der Waals surface area contributed by atoms with Crippen LogP contribution in [0.15, 0.2) is 42.5 Å². The molecule has 21 heteroatoms. The highest BCUT2D eigenvalue weighted by Gasteiger charge is 2.42. The molecule has 0 spiro atoms. The van der Waals surface area contributed by atoms with Gasteiger partial charge in [-0.1, -0.05) is 37.1 Å². The molecular weight excluding hydrogens is 972 g/mol. The van der Waals surface area contributed by atoms with E-state index in [4.69, 9.17) is 44.8 Å². The summed E-state index contributed by atoms with van der Waals surface area (Å²) >= 11 is 8.57. The van der Waals surface area contributed by atoms with E-state index < -0.39 is 5.97 Å². The first-order valence-electron chi connectivity index (χ1n) is 24.9. The van der Waals surface area contributed by atoms with Crippen LogP contribution in [0.25, 0.3) is 33.3 Å². The molecule has 2 aromatic heterocycles. The summed E-state index contributed by atoms with van der Waals surface area (Å²) in [6.07, 6.45) is 4.49. The molecule has 2 aliphatic heterocycles. The number of aromatic amines is 1. The highest BCUT2D eigenvalue weighted by molar-refractivity contribution is 8.00. The second-order valence-corrected chi connectivity index (χ2v) is 18.9. The number of hydrogen-bond donors (Lipinski definition) is 7. The van der Waals surface area contributed by atoms with Crippen LogP contribution in [0.5, 0.6) is 5.75 Å². The molecule has 2 saturated heterocycles. The van der Waals surface area contributed by atoms with E-state index in [0.29, 0.717) is 144 Å². The lowest BCUT2D eigenvalue weighted by atomic mass is 9.95. The molecule has 4 aromatic rings. The van der Waals surface area contributed by atoms with E-state index >= 15 is 0 Å². The summed E-state index contributed by atoms with van der Waals surface area (Å²) in [5, 5.41) is 33.8. The average Bonchev–Trinajstić information content (AvgIpc) is 4.14. The van der Waals surface area contributed by atoms with Crippen LogP contribution in [0.4, 0.5) is 4.79 Å². The lowest BCUT2D eigenvalue weighted by Gasteiger charge is -2.16. The van der Waals surface area contributed by atoms with Crippen LogP contribution < -0.4 is 26.0 Å². The third-order valence-electron chi connectivity index (χ3n) is 12.4. The van der Waals surface area contributed by atoms with Gasteiger partial charge in [-0.05, 0) is 55.2 Å². The number of aliphatic hydroxyl groups is 1. The molecule has 0 bridgehead atoms. The molecule has 2 aromatic carbocycles. The zero-order valence-electron chi connectivity index (χ0n) is 41.4. The summed E-state index contributed by atoms with van der Waals surface area (Å²) in [5.74, 6) is 0.284. The van der Waals surface area contributed by atoms with Crippen molar-refractivity contribution < 1.29 is 62.5 Å². The smallest absolute Gasteiger partial charge is 0.352 e. The van der Waals surface area contributed by atoms with Crippen LogP contribution in [-0.4, -0.2) is 173 Å². The van der Waals surface area contributed by atoms with Crippen LogP contribution in [0.2, 0.25) is 5.02 Å². The Morgan fingerprint density at radius 2 is 1.46 bits per heavy atom. The van der Waals surface area contributed by atoms with Gasteiger partial charge in [-0.2, -0.15) is 11.8 Å². The number of urea groups is 1. The van der Waals surface area contributed by atoms with Gasteiger partial charge < -0.3 is 74.2 Å². The summed E-state index contributed by atoms with van der Waals surface area (Å²) in [6.45, 7) is 7.87. The molecule has 7 N–H and O–H groups in total. The SMILES string of the molecule is CCc1c(-c2cccc3c2cc(CCNC(=O)CCOCCOCCOCCOCCOCCOCCNC(=O)CCCC[C@@H]2SC[C@@H]4NC(=O)N[C@@H]42)n3CCO)[nH]c(C(=O)O)c1-c1ccc(OC)cc1Cl. The molecule has 72 heavy (non-hydrogen) atoms. The molecule has 396 valence electrons. The second-order valence-electron chi connectivity index (χ2n) is 17.2. The van der Waals surface area contributed by atoms with Crippen LogP contribution in [0.1, 0.15) is 60.8 Å². The third kappa shape index (κ3) is 16.6. The van der Waals surface area contributed by atoms with Gasteiger partial charge >= 0.3 is 12.0 Å². The number of aliphatic hydroxyl groups excluding tert-OH is 1. The predicted octanol–water partition coefficient (Wildman–Crippen LogP) is 5.21. The molecule has 0 saturated carbocycles. The maximum Gasteiger partial charge on any atom is 0.352 e. The third-order valence-corrected chi connectivity index (χ3v) is 14.2. The van der Waals surface area contributed by atoms with Crippen LogP contribution in [-0.2, 0) is 57.4 Å². The number of halogens is 1. The van der Waals surface area contributed by atoms with Crippen molar-refractivity contribution in [3.63, 3.8) is 0 Å². The number of benzene rings is 2. The number of nitrogens with one attached hydrogen (secondary N) is 5. The summed E-state index contributed by atoms with van der Waals surface area (Å²) in [4.78, 5) is 52.1.